The summed E-state index contributed by atoms with van der Waals surface area (Å²) in [6.45, 7) is 2.07. The zero-order valence-electron chi connectivity index (χ0n) is 9.39. The van der Waals surface area contributed by atoms with Crippen LogP contribution in [0, 0.1) is 6.92 Å². The van der Waals surface area contributed by atoms with E-state index in [9.17, 15) is 0 Å². The fourth-order valence-corrected chi connectivity index (χ4v) is 2.16. The van der Waals surface area contributed by atoms with Gasteiger partial charge in [0.1, 0.15) is 5.82 Å². The van der Waals surface area contributed by atoms with Gasteiger partial charge in [-0.3, -0.25) is 4.40 Å². The highest BCUT2D eigenvalue weighted by Crippen LogP contribution is 2.27. The molecule has 2 nitrogen and oxygen atoms in total. The lowest BCUT2D eigenvalue weighted by molar-refractivity contribution is 1.14. The van der Waals surface area contributed by atoms with Crippen LogP contribution in [-0.2, 0) is 0 Å². The van der Waals surface area contributed by atoms with Crippen molar-refractivity contribution in [1.82, 2.24) is 9.38 Å². The van der Waals surface area contributed by atoms with E-state index in [2.05, 4.69) is 34.6 Å². The zero-order chi connectivity index (χ0) is 11.8. The molecule has 0 unspecified atom stereocenters. The molecule has 0 aliphatic heterocycles. The molecule has 0 aliphatic rings. The number of nitrogens with zero attached hydrogens (tertiary/aromatic N) is 2. The Morgan fingerprint density at radius 1 is 1.12 bits per heavy atom. The maximum Gasteiger partial charge on any atom is 0.145 e. The number of imidazole rings is 1. The standard InChI is InChI=1S/C14H11ClN2/c1-10-6-7-11-8-16-14(17(11)9-10)12-4-2-3-5-13(12)15/h2-9H,1H3. The number of fused-ring (bicyclic) bond motifs is 1. The Morgan fingerprint density at radius 3 is 2.76 bits per heavy atom. The summed E-state index contributed by atoms with van der Waals surface area (Å²) in [6.07, 6.45) is 3.93. The second kappa shape index (κ2) is 3.90. The van der Waals surface area contributed by atoms with E-state index in [0.29, 0.717) is 0 Å². The summed E-state index contributed by atoms with van der Waals surface area (Å²) >= 11 is 6.20. The molecule has 84 valence electrons. The summed E-state index contributed by atoms with van der Waals surface area (Å²) in [5, 5.41) is 0.724. The van der Waals surface area contributed by atoms with Crippen LogP contribution in [0.1, 0.15) is 5.56 Å². The smallest absolute Gasteiger partial charge is 0.145 e. The molecule has 0 saturated heterocycles. The Labute approximate surface area is 104 Å². The van der Waals surface area contributed by atoms with Crippen LogP contribution in [0.25, 0.3) is 16.9 Å². The van der Waals surface area contributed by atoms with Gasteiger partial charge in [-0.25, -0.2) is 4.98 Å². The van der Waals surface area contributed by atoms with Crippen LogP contribution >= 0.6 is 11.6 Å². The summed E-state index contributed by atoms with van der Waals surface area (Å²) in [7, 11) is 0. The van der Waals surface area contributed by atoms with Crippen LogP contribution in [0.5, 0.6) is 0 Å². The normalized spacial score (nSPS) is 10.9. The molecular weight excluding hydrogens is 232 g/mol. The lowest BCUT2D eigenvalue weighted by Crippen LogP contribution is -1.90. The molecule has 0 atom stereocenters. The van der Waals surface area contributed by atoms with Crippen molar-refractivity contribution in [2.75, 3.05) is 0 Å². The predicted molar refractivity (Wildman–Crippen MR) is 70.4 cm³/mol. The third-order valence-electron chi connectivity index (χ3n) is 2.79. The van der Waals surface area contributed by atoms with E-state index in [1.807, 2.05) is 30.5 Å². The Kier molecular flexibility index (Phi) is 2.37. The van der Waals surface area contributed by atoms with Gasteiger partial charge in [0, 0.05) is 11.8 Å². The van der Waals surface area contributed by atoms with E-state index in [1.54, 1.807) is 0 Å². The minimum Gasteiger partial charge on any atom is -0.299 e. The highest BCUT2D eigenvalue weighted by atomic mass is 35.5. The molecule has 3 heteroatoms. The molecule has 0 N–H and O–H groups in total. The SMILES string of the molecule is Cc1ccc2cnc(-c3ccccc3Cl)n2c1. The zero-order valence-corrected chi connectivity index (χ0v) is 10.1. The second-order valence-corrected chi connectivity index (χ2v) is 4.47. The van der Waals surface area contributed by atoms with Gasteiger partial charge in [0.25, 0.3) is 0 Å². The number of pyridine rings is 1. The molecule has 0 saturated carbocycles. The van der Waals surface area contributed by atoms with Gasteiger partial charge >= 0.3 is 0 Å². The fourth-order valence-electron chi connectivity index (χ4n) is 1.94. The van der Waals surface area contributed by atoms with Gasteiger partial charge in [-0.05, 0) is 30.7 Å². The van der Waals surface area contributed by atoms with Crippen molar-refractivity contribution in [3.8, 4) is 11.4 Å². The van der Waals surface area contributed by atoms with Crippen molar-refractivity contribution in [1.29, 1.82) is 0 Å². The van der Waals surface area contributed by atoms with Crippen LogP contribution in [0.3, 0.4) is 0 Å². The first-order valence-electron chi connectivity index (χ1n) is 5.44. The topological polar surface area (TPSA) is 17.3 Å². The van der Waals surface area contributed by atoms with Gasteiger partial charge in [-0.2, -0.15) is 0 Å². The number of rotatable bonds is 1. The van der Waals surface area contributed by atoms with E-state index >= 15 is 0 Å². The van der Waals surface area contributed by atoms with Crippen molar-refractivity contribution >= 4 is 17.1 Å². The van der Waals surface area contributed by atoms with E-state index < -0.39 is 0 Å². The molecule has 3 aromatic rings. The highest BCUT2D eigenvalue weighted by Gasteiger charge is 2.09. The van der Waals surface area contributed by atoms with Gasteiger partial charge in [0.05, 0.1) is 16.7 Å². The Balaban J connectivity index is 2.31. The van der Waals surface area contributed by atoms with Crippen molar-refractivity contribution in [3.05, 3.63) is 59.4 Å². The van der Waals surface area contributed by atoms with Crippen LogP contribution < -0.4 is 0 Å². The summed E-state index contributed by atoms with van der Waals surface area (Å²) in [5.74, 6) is 0.884. The molecule has 0 aliphatic carbocycles. The van der Waals surface area contributed by atoms with Crippen LogP contribution in [0.2, 0.25) is 5.02 Å². The number of benzene rings is 1. The first-order valence-corrected chi connectivity index (χ1v) is 5.82. The molecule has 0 spiro atoms. The van der Waals surface area contributed by atoms with Gasteiger partial charge in [-0.15, -0.1) is 0 Å². The van der Waals surface area contributed by atoms with E-state index in [1.165, 1.54) is 5.56 Å². The third kappa shape index (κ3) is 1.71. The van der Waals surface area contributed by atoms with Crippen LogP contribution in [0.15, 0.2) is 48.8 Å². The van der Waals surface area contributed by atoms with E-state index in [0.717, 1.165) is 21.9 Å². The van der Waals surface area contributed by atoms with Crippen LogP contribution in [-0.4, -0.2) is 9.38 Å². The number of aromatic nitrogens is 2. The van der Waals surface area contributed by atoms with Gasteiger partial charge in [0.2, 0.25) is 0 Å². The largest absolute Gasteiger partial charge is 0.299 e. The second-order valence-electron chi connectivity index (χ2n) is 4.06. The lowest BCUT2D eigenvalue weighted by Gasteiger charge is -2.04. The molecule has 0 radical (unpaired) electrons. The molecule has 0 bridgehead atoms. The Bertz CT molecular complexity index is 686. The molecule has 2 heterocycles. The average Bonchev–Trinajstić information content (AvgIpc) is 2.72. The Hall–Kier alpha value is -1.80. The maximum atomic E-state index is 6.20. The van der Waals surface area contributed by atoms with Crippen molar-refractivity contribution in [2.24, 2.45) is 0 Å². The molecule has 17 heavy (non-hydrogen) atoms. The number of aryl methyl sites for hydroxylation is 1. The summed E-state index contributed by atoms with van der Waals surface area (Å²) < 4.78 is 2.07. The minimum atomic E-state index is 0.724. The van der Waals surface area contributed by atoms with E-state index in [-0.39, 0.29) is 0 Å². The molecule has 0 fully saturated rings. The molecule has 2 aromatic heterocycles. The van der Waals surface area contributed by atoms with Crippen molar-refractivity contribution in [2.45, 2.75) is 6.92 Å². The summed E-state index contributed by atoms with van der Waals surface area (Å²) in [6, 6.07) is 11.9. The summed E-state index contributed by atoms with van der Waals surface area (Å²) in [4.78, 5) is 4.45. The monoisotopic (exact) mass is 242 g/mol. The first-order chi connectivity index (χ1) is 8.25. The predicted octanol–water partition coefficient (Wildman–Crippen LogP) is 3.96. The van der Waals surface area contributed by atoms with Crippen molar-refractivity contribution < 1.29 is 0 Å². The highest BCUT2D eigenvalue weighted by molar-refractivity contribution is 6.33. The van der Waals surface area contributed by atoms with Gasteiger partial charge in [0.15, 0.2) is 0 Å². The molecule has 0 amide bonds. The first kappa shape index (κ1) is 10.4. The number of hydrogen-bond donors (Lipinski definition) is 0. The third-order valence-corrected chi connectivity index (χ3v) is 3.12. The Morgan fingerprint density at radius 2 is 1.94 bits per heavy atom. The average molecular weight is 243 g/mol. The van der Waals surface area contributed by atoms with E-state index in [4.69, 9.17) is 11.6 Å². The summed E-state index contributed by atoms with van der Waals surface area (Å²) in [5.41, 5.74) is 3.23. The van der Waals surface area contributed by atoms with Crippen LogP contribution in [0.4, 0.5) is 0 Å². The van der Waals surface area contributed by atoms with Crippen molar-refractivity contribution in [3.63, 3.8) is 0 Å². The quantitative estimate of drug-likeness (QED) is 0.631. The molecule has 1 aromatic carbocycles. The fraction of sp³-hybridized carbons (Fsp3) is 0.0714. The van der Waals surface area contributed by atoms with Gasteiger partial charge in [-0.1, -0.05) is 29.8 Å². The molecular formula is C14H11ClN2. The van der Waals surface area contributed by atoms with Gasteiger partial charge < -0.3 is 0 Å². The lowest BCUT2D eigenvalue weighted by atomic mass is 10.2. The maximum absolute atomic E-state index is 6.20. The number of halogens is 1. The number of hydrogen-bond acceptors (Lipinski definition) is 1. The molecule has 3 rings (SSSR count). The minimum absolute atomic E-state index is 0.724.